The van der Waals surface area contributed by atoms with Crippen LogP contribution in [0.15, 0.2) is 57.1 Å². The zero-order valence-electron chi connectivity index (χ0n) is 12.8. The number of nitrogens with one attached hydrogen (secondary N) is 1. The number of nitrogens with two attached hydrogens (primary N) is 1. The molecule has 0 spiro atoms. The number of hydrogen-bond acceptors (Lipinski definition) is 2. The average Bonchev–Trinajstić information content (AvgIpc) is 2.95. The van der Waals surface area contributed by atoms with Crippen molar-refractivity contribution in [3.05, 3.63) is 59.8 Å². The Morgan fingerprint density at radius 1 is 1.04 bits per heavy atom. The molecule has 11 heteroatoms. The van der Waals surface area contributed by atoms with Gasteiger partial charge in [0.2, 0.25) is 0 Å². The summed E-state index contributed by atoms with van der Waals surface area (Å²) in [5, 5.41) is 9.44. The van der Waals surface area contributed by atoms with E-state index in [9.17, 15) is 26.2 Å². The van der Waals surface area contributed by atoms with Crippen LogP contribution in [0.5, 0.6) is 0 Å². The number of alkyl halides is 3. The molecule has 0 atom stereocenters. The van der Waals surface area contributed by atoms with Gasteiger partial charge in [0.05, 0.1) is 21.4 Å². The second kappa shape index (κ2) is 6.25. The summed E-state index contributed by atoms with van der Waals surface area (Å²) in [6, 6.07) is 5.17. The second-order valence-corrected chi connectivity index (χ2v) is 7.28. The Bertz CT molecular complexity index is 1040. The minimum absolute atomic E-state index is 0.0523. The topological polar surface area (TPSA) is 83.6 Å². The molecule has 0 saturated carbocycles. The van der Waals surface area contributed by atoms with E-state index in [0.717, 1.165) is 36.4 Å². The van der Waals surface area contributed by atoms with E-state index in [0.29, 0.717) is 0 Å². The van der Waals surface area contributed by atoms with E-state index in [4.69, 9.17) is 5.14 Å². The molecule has 5 nitrogen and oxygen atoms in total. The zero-order chi connectivity index (χ0) is 19.1. The van der Waals surface area contributed by atoms with E-state index in [1.807, 2.05) is 0 Å². The molecule has 0 unspecified atom stereocenters. The lowest BCUT2D eigenvalue weighted by Gasteiger charge is -2.13. The molecule has 0 aliphatic rings. The fraction of sp³-hybridized carbons (Fsp3) is 0.0667. The van der Waals surface area contributed by atoms with Crippen LogP contribution in [0.2, 0.25) is 0 Å². The highest BCUT2D eigenvalue weighted by Gasteiger charge is 2.30. The predicted octanol–water partition coefficient (Wildman–Crippen LogP) is 4.41. The number of thiol groups is 1. The number of benzene rings is 2. The molecule has 0 bridgehead atoms. The molecule has 3 rings (SSSR count). The molecule has 0 saturated heterocycles. The van der Waals surface area contributed by atoms with Crippen molar-refractivity contribution in [3.8, 4) is 0 Å². The summed E-state index contributed by atoms with van der Waals surface area (Å²) in [7, 11) is -3.95. The van der Waals surface area contributed by atoms with Crippen molar-refractivity contribution in [3.63, 3.8) is 0 Å². The van der Waals surface area contributed by atoms with Gasteiger partial charge in [-0.3, -0.25) is 5.14 Å². The number of hydrogen-bond donors (Lipinski definition) is 3. The summed E-state index contributed by atoms with van der Waals surface area (Å²) in [5.41, 5.74) is -0.636. The van der Waals surface area contributed by atoms with Gasteiger partial charge in [0, 0.05) is 22.5 Å². The lowest BCUT2D eigenvalue weighted by Crippen LogP contribution is -2.19. The van der Waals surface area contributed by atoms with Crippen LogP contribution >= 0.6 is 0 Å². The summed E-state index contributed by atoms with van der Waals surface area (Å²) in [6.45, 7) is 0. The molecule has 1 aromatic heterocycles. The molecule has 26 heavy (non-hydrogen) atoms. The monoisotopic (exact) mass is 390 g/mol. The number of aromatic nitrogens is 1. The highest BCUT2D eigenvalue weighted by molar-refractivity contribution is 7.99. The number of nitrogens with zero attached hydrogens (tertiary/aromatic N) is 2. The van der Waals surface area contributed by atoms with Gasteiger partial charge < -0.3 is 4.98 Å². The number of H-pyrrole nitrogens is 1. The van der Waals surface area contributed by atoms with Gasteiger partial charge >= 0.3 is 6.18 Å². The van der Waals surface area contributed by atoms with E-state index < -0.39 is 33.7 Å². The summed E-state index contributed by atoms with van der Waals surface area (Å²) in [4.78, 5) is 2.51. The molecule has 0 amide bonds. The quantitative estimate of drug-likeness (QED) is 0.345. The molecule has 3 N–H and O–H groups in total. The molecule has 1 heterocycles. The first-order valence-corrected chi connectivity index (χ1v) is 8.77. The molecule has 0 aliphatic heterocycles. The molecule has 3 aromatic rings. The highest BCUT2D eigenvalue weighted by atomic mass is 32.3. The van der Waals surface area contributed by atoms with Crippen molar-refractivity contribution in [2.75, 3.05) is 0 Å². The Morgan fingerprint density at radius 2 is 1.65 bits per heavy atom. The van der Waals surface area contributed by atoms with Crippen LogP contribution in [0.4, 0.5) is 27.6 Å². The van der Waals surface area contributed by atoms with E-state index >= 15 is 0 Å². The normalized spacial score (nSPS) is 13.6. The van der Waals surface area contributed by atoms with E-state index in [-0.39, 0.29) is 21.5 Å². The summed E-state index contributed by atoms with van der Waals surface area (Å²) >= 11 is 0. The lowest BCUT2D eigenvalue weighted by molar-refractivity contribution is -0.137. The first kappa shape index (κ1) is 18.1. The van der Waals surface area contributed by atoms with Crippen LogP contribution in [0, 0.1) is 11.6 Å². The first-order chi connectivity index (χ1) is 12.1. The molecule has 138 valence electrons. The van der Waals surface area contributed by atoms with E-state index in [2.05, 4.69) is 14.6 Å². The molecular formula is C15H11F5N4OS. The smallest absolute Gasteiger partial charge is 0.359 e. The van der Waals surface area contributed by atoms with Crippen molar-refractivity contribution < 1.29 is 26.2 Å². The Balaban J connectivity index is 1.92. The van der Waals surface area contributed by atoms with E-state index in [1.54, 1.807) is 0 Å². The third-order valence-electron chi connectivity index (χ3n) is 3.55. The Kier molecular flexibility index (Phi) is 4.36. The van der Waals surface area contributed by atoms with Gasteiger partial charge in [-0.2, -0.15) is 13.2 Å². The van der Waals surface area contributed by atoms with Crippen LogP contribution in [0.3, 0.4) is 0 Å². The Labute approximate surface area is 144 Å². The van der Waals surface area contributed by atoms with Crippen LogP contribution < -0.4 is 5.14 Å². The van der Waals surface area contributed by atoms with Gasteiger partial charge in [0.1, 0.15) is 5.69 Å². The van der Waals surface area contributed by atoms with Gasteiger partial charge in [-0.1, -0.05) is 4.52 Å². The van der Waals surface area contributed by atoms with Crippen LogP contribution in [0.25, 0.3) is 10.9 Å². The SMILES string of the molecule is N[SH](=O)(/N=N/c1c[nH]c2cc(F)c(F)cc12)c1ccc(C(F)(F)F)cc1. The minimum atomic E-state index is -4.54. The summed E-state index contributed by atoms with van der Waals surface area (Å²) in [5.74, 6) is -2.16. The van der Waals surface area contributed by atoms with Crippen LogP contribution in [-0.4, -0.2) is 9.19 Å². The number of halogens is 5. The predicted molar refractivity (Wildman–Crippen MR) is 86.2 cm³/mol. The van der Waals surface area contributed by atoms with Gasteiger partial charge in [-0.15, -0.1) is 5.11 Å². The average molecular weight is 390 g/mol. The largest absolute Gasteiger partial charge is 0.416 e. The van der Waals surface area contributed by atoms with Gasteiger partial charge in [-0.25, -0.2) is 13.0 Å². The summed E-state index contributed by atoms with van der Waals surface area (Å²) in [6.07, 6.45) is -3.26. The number of aromatic amines is 1. The van der Waals surface area contributed by atoms with Crippen molar-refractivity contribution in [1.82, 2.24) is 4.98 Å². The maximum absolute atomic E-state index is 13.3. The van der Waals surface area contributed by atoms with Gasteiger partial charge in [-0.05, 0) is 30.3 Å². The molecule has 0 fully saturated rings. The van der Waals surface area contributed by atoms with Crippen molar-refractivity contribution in [2.45, 2.75) is 11.1 Å². The van der Waals surface area contributed by atoms with Crippen molar-refractivity contribution in [1.29, 1.82) is 0 Å². The Hall–Kier alpha value is -2.66. The third kappa shape index (κ3) is 3.48. The van der Waals surface area contributed by atoms with Crippen LogP contribution in [0.1, 0.15) is 5.56 Å². The van der Waals surface area contributed by atoms with E-state index in [1.165, 1.54) is 6.20 Å². The van der Waals surface area contributed by atoms with Gasteiger partial charge in [0.25, 0.3) is 0 Å². The zero-order valence-corrected chi connectivity index (χ0v) is 13.7. The highest BCUT2D eigenvalue weighted by Crippen LogP contribution is 2.31. The maximum Gasteiger partial charge on any atom is 0.416 e. The van der Waals surface area contributed by atoms with Crippen molar-refractivity contribution in [2.24, 2.45) is 14.8 Å². The molecule has 0 radical (unpaired) electrons. The lowest BCUT2D eigenvalue weighted by atomic mass is 10.2. The molecule has 0 aliphatic carbocycles. The minimum Gasteiger partial charge on any atom is -0.359 e. The standard InChI is InChI=1S/C15H11F5N4OS/c16-11-5-10-13(6-12(11)17)22-7-14(10)23-24-26(21,25)9-3-1-8(2-4-9)15(18,19)20/h1-7,22,26H,(H2,21,25)/b24-23+. The fourth-order valence-electron chi connectivity index (χ4n) is 2.22. The second-order valence-electron chi connectivity index (χ2n) is 5.34. The van der Waals surface area contributed by atoms with Crippen LogP contribution in [-0.2, 0) is 16.5 Å². The third-order valence-corrected chi connectivity index (χ3v) is 4.94. The van der Waals surface area contributed by atoms with Gasteiger partial charge in [0.15, 0.2) is 11.6 Å². The number of rotatable bonds is 3. The molecule has 2 aromatic carbocycles. The maximum atomic E-state index is 13.3. The summed E-state index contributed by atoms with van der Waals surface area (Å²) < 4.78 is 80.1. The van der Waals surface area contributed by atoms with Crippen molar-refractivity contribution >= 4 is 26.9 Å². The fourth-order valence-corrected chi connectivity index (χ4v) is 3.12. The first-order valence-electron chi connectivity index (χ1n) is 7.04. The Morgan fingerprint density at radius 3 is 2.27 bits per heavy atom. The number of fused-ring (bicyclic) bond motifs is 1. The molecular weight excluding hydrogens is 379 g/mol.